The van der Waals surface area contributed by atoms with Crippen LogP contribution in [0.4, 0.5) is 0 Å². The average molecular weight is 231 g/mol. The van der Waals surface area contributed by atoms with Crippen LogP contribution in [0, 0.1) is 5.92 Å². The molecule has 1 aliphatic rings. The van der Waals surface area contributed by atoms with Crippen molar-refractivity contribution in [3.8, 4) is 0 Å². The molecule has 1 aromatic rings. The van der Waals surface area contributed by atoms with E-state index >= 15 is 0 Å². The van der Waals surface area contributed by atoms with Crippen LogP contribution >= 0.6 is 23.2 Å². The third kappa shape index (κ3) is 1.60. The normalized spacial score (nSPS) is 24.7. The number of halogens is 2. The standard InChI is InChI=1S/C10H8Cl2O2/c11-8-3-1-2-5(9(8)12)6-4-7(6)10(13)14/h1-3,6-7H,4H2,(H,13,14). The zero-order valence-electron chi connectivity index (χ0n) is 7.21. The smallest absolute Gasteiger partial charge is 0.307 e. The van der Waals surface area contributed by atoms with Gasteiger partial charge in [-0.15, -0.1) is 0 Å². The van der Waals surface area contributed by atoms with E-state index < -0.39 is 5.97 Å². The number of carbonyl (C=O) groups is 1. The fourth-order valence-corrected chi connectivity index (χ4v) is 2.07. The van der Waals surface area contributed by atoms with E-state index in [1.165, 1.54) is 0 Å². The van der Waals surface area contributed by atoms with Gasteiger partial charge in [0, 0.05) is 0 Å². The van der Waals surface area contributed by atoms with Crippen LogP contribution in [-0.2, 0) is 4.79 Å². The number of aliphatic carboxylic acids is 1. The largest absolute Gasteiger partial charge is 0.481 e. The van der Waals surface area contributed by atoms with Crippen LogP contribution in [0.25, 0.3) is 0 Å². The van der Waals surface area contributed by atoms with E-state index in [1.807, 2.05) is 6.07 Å². The van der Waals surface area contributed by atoms with Crippen molar-refractivity contribution in [3.05, 3.63) is 33.8 Å². The molecule has 0 aromatic heterocycles. The molecule has 1 saturated carbocycles. The van der Waals surface area contributed by atoms with Crippen molar-refractivity contribution >= 4 is 29.2 Å². The number of carboxylic acids is 1. The van der Waals surface area contributed by atoms with Gasteiger partial charge in [0.05, 0.1) is 16.0 Å². The van der Waals surface area contributed by atoms with Crippen molar-refractivity contribution in [1.82, 2.24) is 0 Å². The maximum Gasteiger partial charge on any atom is 0.307 e. The molecule has 0 bridgehead atoms. The van der Waals surface area contributed by atoms with Crippen molar-refractivity contribution < 1.29 is 9.90 Å². The van der Waals surface area contributed by atoms with Crippen LogP contribution in [0.2, 0.25) is 10.0 Å². The molecule has 1 N–H and O–H groups in total. The lowest BCUT2D eigenvalue weighted by molar-refractivity contribution is -0.138. The number of rotatable bonds is 2. The zero-order chi connectivity index (χ0) is 10.3. The summed E-state index contributed by atoms with van der Waals surface area (Å²) in [6.45, 7) is 0. The maximum absolute atomic E-state index is 10.7. The highest BCUT2D eigenvalue weighted by atomic mass is 35.5. The molecule has 0 amide bonds. The fraction of sp³-hybridized carbons (Fsp3) is 0.300. The topological polar surface area (TPSA) is 37.3 Å². The Bertz CT molecular complexity index is 390. The lowest BCUT2D eigenvalue weighted by Gasteiger charge is -2.03. The number of hydrogen-bond acceptors (Lipinski definition) is 1. The molecule has 1 aromatic carbocycles. The van der Waals surface area contributed by atoms with Gasteiger partial charge in [0.2, 0.25) is 0 Å². The van der Waals surface area contributed by atoms with E-state index in [0.717, 1.165) is 5.56 Å². The summed E-state index contributed by atoms with van der Waals surface area (Å²) >= 11 is 11.8. The summed E-state index contributed by atoms with van der Waals surface area (Å²) in [6.07, 6.45) is 0.662. The monoisotopic (exact) mass is 230 g/mol. The molecule has 4 heteroatoms. The Morgan fingerprint density at radius 3 is 2.71 bits per heavy atom. The molecule has 74 valence electrons. The van der Waals surface area contributed by atoms with Gasteiger partial charge >= 0.3 is 5.97 Å². The Morgan fingerprint density at radius 1 is 1.43 bits per heavy atom. The highest BCUT2D eigenvalue weighted by Crippen LogP contribution is 2.50. The average Bonchev–Trinajstić information content (AvgIpc) is 2.89. The van der Waals surface area contributed by atoms with Gasteiger partial charge in [0.15, 0.2) is 0 Å². The van der Waals surface area contributed by atoms with Crippen LogP contribution in [0.5, 0.6) is 0 Å². The van der Waals surface area contributed by atoms with Crippen molar-refractivity contribution in [3.63, 3.8) is 0 Å². The van der Waals surface area contributed by atoms with Gasteiger partial charge in [-0.3, -0.25) is 4.79 Å². The van der Waals surface area contributed by atoms with E-state index in [4.69, 9.17) is 28.3 Å². The van der Waals surface area contributed by atoms with Crippen molar-refractivity contribution in [2.75, 3.05) is 0 Å². The van der Waals surface area contributed by atoms with E-state index in [2.05, 4.69) is 0 Å². The summed E-state index contributed by atoms with van der Waals surface area (Å²) in [4.78, 5) is 10.7. The summed E-state index contributed by atoms with van der Waals surface area (Å²) in [5, 5.41) is 9.74. The molecule has 2 rings (SSSR count). The van der Waals surface area contributed by atoms with Crippen LogP contribution in [-0.4, -0.2) is 11.1 Å². The highest BCUT2D eigenvalue weighted by Gasteiger charge is 2.45. The Hall–Kier alpha value is -0.730. The number of benzene rings is 1. The quantitative estimate of drug-likeness (QED) is 0.848. The van der Waals surface area contributed by atoms with Crippen LogP contribution < -0.4 is 0 Å². The molecule has 0 spiro atoms. The first-order valence-electron chi connectivity index (χ1n) is 4.28. The molecule has 0 radical (unpaired) electrons. The maximum atomic E-state index is 10.7. The first-order chi connectivity index (χ1) is 6.61. The van der Waals surface area contributed by atoms with Crippen molar-refractivity contribution in [1.29, 1.82) is 0 Å². The summed E-state index contributed by atoms with van der Waals surface area (Å²) < 4.78 is 0. The van der Waals surface area contributed by atoms with Crippen molar-refractivity contribution in [2.24, 2.45) is 5.92 Å². The Labute approximate surface area is 91.4 Å². The molecule has 2 atom stereocenters. The second kappa shape index (κ2) is 3.44. The molecule has 14 heavy (non-hydrogen) atoms. The van der Waals surface area contributed by atoms with Gasteiger partial charge in [-0.1, -0.05) is 35.3 Å². The predicted molar refractivity (Wildman–Crippen MR) is 54.9 cm³/mol. The number of hydrogen-bond donors (Lipinski definition) is 1. The second-order valence-corrected chi connectivity index (χ2v) is 4.22. The van der Waals surface area contributed by atoms with Crippen molar-refractivity contribution in [2.45, 2.75) is 12.3 Å². The molecular formula is C10H8Cl2O2. The Morgan fingerprint density at radius 2 is 2.14 bits per heavy atom. The van der Waals surface area contributed by atoms with Gasteiger partial charge < -0.3 is 5.11 Å². The molecule has 1 aliphatic carbocycles. The molecule has 0 heterocycles. The molecule has 0 saturated heterocycles. The first kappa shape index (κ1) is 9.81. The molecule has 0 aliphatic heterocycles. The Balaban J connectivity index is 2.27. The minimum atomic E-state index is -0.758. The van der Waals surface area contributed by atoms with E-state index in [0.29, 0.717) is 16.5 Å². The summed E-state index contributed by atoms with van der Waals surface area (Å²) in [5.74, 6) is -1.00. The van der Waals surface area contributed by atoms with Gasteiger partial charge in [0.25, 0.3) is 0 Å². The van der Waals surface area contributed by atoms with E-state index in [9.17, 15) is 4.79 Å². The summed E-state index contributed by atoms with van der Waals surface area (Å²) in [5.41, 5.74) is 0.853. The molecule has 1 fully saturated rings. The van der Waals surface area contributed by atoms with Crippen LogP contribution in [0.3, 0.4) is 0 Å². The predicted octanol–water partition coefficient (Wildman–Crippen LogP) is 3.18. The summed E-state index contributed by atoms with van der Waals surface area (Å²) in [7, 11) is 0. The number of carboxylic acid groups (broad SMARTS) is 1. The fourth-order valence-electron chi connectivity index (χ4n) is 1.62. The second-order valence-electron chi connectivity index (χ2n) is 3.43. The van der Waals surface area contributed by atoms with E-state index in [1.54, 1.807) is 12.1 Å². The molecule has 2 unspecified atom stereocenters. The lowest BCUT2D eigenvalue weighted by atomic mass is 10.1. The molecule has 2 nitrogen and oxygen atoms in total. The molecular weight excluding hydrogens is 223 g/mol. The third-order valence-electron chi connectivity index (χ3n) is 2.49. The highest BCUT2D eigenvalue weighted by molar-refractivity contribution is 6.42. The Kier molecular flexibility index (Phi) is 2.41. The van der Waals surface area contributed by atoms with Gasteiger partial charge in [-0.25, -0.2) is 0 Å². The first-order valence-corrected chi connectivity index (χ1v) is 5.03. The minimum absolute atomic E-state index is 0.0405. The summed E-state index contributed by atoms with van der Waals surface area (Å²) in [6, 6.07) is 5.33. The minimum Gasteiger partial charge on any atom is -0.481 e. The van der Waals surface area contributed by atoms with Gasteiger partial charge in [0.1, 0.15) is 0 Å². The SMILES string of the molecule is O=C(O)C1CC1c1cccc(Cl)c1Cl. The third-order valence-corrected chi connectivity index (χ3v) is 3.32. The van der Waals surface area contributed by atoms with Crippen LogP contribution in [0.15, 0.2) is 18.2 Å². The van der Waals surface area contributed by atoms with Gasteiger partial charge in [-0.2, -0.15) is 0 Å². The van der Waals surface area contributed by atoms with Crippen LogP contribution in [0.1, 0.15) is 17.9 Å². The van der Waals surface area contributed by atoms with Gasteiger partial charge in [-0.05, 0) is 24.0 Å². The zero-order valence-corrected chi connectivity index (χ0v) is 8.72. The lowest BCUT2D eigenvalue weighted by Crippen LogP contribution is -1.99. The van der Waals surface area contributed by atoms with E-state index in [-0.39, 0.29) is 11.8 Å².